The van der Waals surface area contributed by atoms with Gasteiger partial charge in [-0.3, -0.25) is 8.80 Å². The number of nitrogens with zero attached hydrogens (tertiary/aromatic N) is 4. The minimum Gasteiger partial charge on any atom is -0.494 e. The molecule has 4 heterocycles. The van der Waals surface area contributed by atoms with Gasteiger partial charge in [-0.15, -0.1) is 0 Å². The third-order valence-electron chi connectivity index (χ3n) is 6.34. The highest BCUT2D eigenvalue weighted by molar-refractivity contribution is 6.15. The summed E-state index contributed by atoms with van der Waals surface area (Å²) in [5.74, 6) is -0.209. The Morgan fingerprint density at radius 3 is 1.76 bits per heavy atom. The Labute approximate surface area is 182 Å². The third kappa shape index (κ3) is 2.18. The van der Waals surface area contributed by atoms with Crippen molar-refractivity contribution in [2.24, 2.45) is 0 Å². The van der Waals surface area contributed by atoms with Gasteiger partial charge in [0, 0.05) is 21.5 Å². The van der Waals surface area contributed by atoms with E-state index in [1.165, 1.54) is 10.5 Å². The fourth-order valence-corrected chi connectivity index (χ4v) is 4.81. The molecule has 0 saturated heterocycles. The van der Waals surface area contributed by atoms with Crippen LogP contribution in [-0.2, 0) is 6.18 Å². The van der Waals surface area contributed by atoms with Crippen LogP contribution in [0.25, 0.3) is 54.9 Å². The number of benzene rings is 3. The lowest BCUT2D eigenvalue weighted by molar-refractivity contribution is -0.137. The van der Waals surface area contributed by atoms with Crippen molar-refractivity contribution in [3.63, 3.8) is 0 Å². The van der Waals surface area contributed by atoms with Crippen molar-refractivity contribution in [3.05, 3.63) is 59.7 Å². The van der Waals surface area contributed by atoms with E-state index in [2.05, 4.69) is 9.97 Å². The molecule has 0 radical (unpaired) electrons. The highest BCUT2D eigenvalue weighted by atomic mass is 19.4. The van der Waals surface area contributed by atoms with Gasteiger partial charge in [0.25, 0.3) is 0 Å². The van der Waals surface area contributed by atoms with Crippen LogP contribution in [0.3, 0.4) is 0 Å². The maximum atomic E-state index is 13.3. The zero-order chi connectivity index (χ0) is 22.8. The normalized spacial score (nSPS) is 13.1. The third-order valence-corrected chi connectivity index (χ3v) is 6.34. The first-order valence-electron chi connectivity index (χ1n) is 10.1. The maximum Gasteiger partial charge on any atom is 0.416 e. The second kappa shape index (κ2) is 5.55. The standard InChI is InChI=1S/C24H13F3N4O2/c1-10-2-4-16-18(6-10)30-20(28-16)12-8-15-13(9-14(12)22(30)32)21-29-17-5-3-11(24(25,26)27)7-19(17)31(21)23(15)33/h2-9,32-33H,1H3. The number of aryl methyl sites for hydroxylation is 1. The molecule has 3 aromatic carbocycles. The van der Waals surface area contributed by atoms with Gasteiger partial charge in [0.05, 0.1) is 27.6 Å². The Morgan fingerprint density at radius 2 is 1.21 bits per heavy atom. The molecule has 0 unspecified atom stereocenters. The second-order valence-corrected chi connectivity index (χ2v) is 8.33. The highest BCUT2D eigenvalue weighted by Gasteiger charge is 2.31. The summed E-state index contributed by atoms with van der Waals surface area (Å²) in [6.07, 6.45) is -4.51. The predicted octanol–water partition coefficient (Wildman–Crippen LogP) is 5.77. The zero-order valence-corrected chi connectivity index (χ0v) is 16.9. The smallest absolute Gasteiger partial charge is 0.416 e. The van der Waals surface area contributed by atoms with E-state index in [1.807, 2.05) is 25.1 Å². The van der Waals surface area contributed by atoms with Crippen molar-refractivity contribution in [2.75, 3.05) is 0 Å². The molecular weight excluding hydrogens is 433 g/mol. The van der Waals surface area contributed by atoms with Crippen molar-refractivity contribution in [2.45, 2.75) is 13.1 Å². The summed E-state index contributed by atoms with van der Waals surface area (Å²) in [4.78, 5) is 9.10. The first-order valence-corrected chi connectivity index (χ1v) is 10.1. The minimum atomic E-state index is -4.51. The van der Waals surface area contributed by atoms with Crippen LogP contribution in [0.1, 0.15) is 11.1 Å². The van der Waals surface area contributed by atoms with Crippen molar-refractivity contribution < 1.29 is 23.4 Å². The van der Waals surface area contributed by atoms with Crippen LogP contribution in [0.5, 0.6) is 11.8 Å². The number of halogens is 3. The summed E-state index contributed by atoms with van der Waals surface area (Å²) >= 11 is 0. The van der Waals surface area contributed by atoms with Crippen LogP contribution in [0.4, 0.5) is 13.2 Å². The van der Waals surface area contributed by atoms with Gasteiger partial charge in [-0.1, -0.05) is 6.07 Å². The molecule has 0 bridgehead atoms. The molecule has 0 fully saturated rings. The fourth-order valence-electron chi connectivity index (χ4n) is 4.81. The molecular formula is C24H13F3N4O2. The van der Waals surface area contributed by atoms with E-state index in [-0.39, 0.29) is 17.3 Å². The average Bonchev–Trinajstić information content (AvgIpc) is 3.46. The van der Waals surface area contributed by atoms with Crippen molar-refractivity contribution in [1.82, 2.24) is 18.8 Å². The Bertz CT molecular complexity index is 1950. The monoisotopic (exact) mass is 446 g/mol. The molecule has 2 N–H and O–H groups in total. The van der Waals surface area contributed by atoms with Gasteiger partial charge in [-0.25, -0.2) is 9.97 Å². The van der Waals surface area contributed by atoms with E-state index >= 15 is 0 Å². The Kier molecular flexibility index (Phi) is 3.08. The molecule has 4 aromatic heterocycles. The van der Waals surface area contributed by atoms with Crippen molar-refractivity contribution in [3.8, 4) is 11.8 Å². The number of aromatic nitrogens is 4. The molecule has 7 aromatic rings. The topological polar surface area (TPSA) is 75.1 Å². The van der Waals surface area contributed by atoms with Gasteiger partial charge >= 0.3 is 6.18 Å². The molecule has 0 aliphatic heterocycles. The van der Waals surface area contributed by atoms with Crippen LogP contribution < -0.4 is 0 Å². The molecule has 0 aliphatic rings. The summed E-state index contributed by atoms with van der Waals surface area (Å²) in [6.45, 7) is 1.95. The number of hydrogen-bond donors (Lipinski definition) is 2. The number of fused-ring (bicyclic) bond motifs is 10. The van der Waals surface area contributed by atoms with Gasteiger partial charge in [0.1, 0.15) is 11.3 Å². The molecule has 7 rings (SSSR count). The molecule has 162 valence electrons. The van der Waals surface area contributed by atoms with E-state index < -0.39 is 11.7 Å². The van der Waals surface area contributed by atoms with E-state index in [0.29, 0.717) is 38.4 Å². The fraction of sp³-hybridized carbons (Fsp3) is 0.0833. The number of alkyl halides is 3. The van der Waals surface area contributed by atoms with Crippen molar-refractivity contribution in [1.29, 1.82) is 0 Å². The second-order valence-electron chi connectivity index (χ2n) is 8.33. The van der Waals surface area contributed by atoms with Gasteiger partial charge < -0.3 is 10.2 Å². The van der Waals surface area contributed by atoms with Crippen LogP contribution in [0.15, 0.2) is 48.5 Å². The van der Waals surface area contributed by atoms with E-state index in [0.717, 1.165) is 28.7 Å². The summed E-state index contributed by atoms with van der Waals surface area (Å²) in [6, 6.07) is 12.4. The van der Waals surface area contributed by atoms with Gasteiger partial charge in [-0.05, 0) is 55.0 Å². The zero-order valence-electron chi connectivity index (χ0n) is 16.9. The summed E-state index contributed by atoms with van der Waals surface area (Å²) in [5.41, 5.74) is 3.03. The summed E-state index contributed by atoms with van der Waals surface area (Å²) in [5, 5.41) is 24.1. The molecule has 9 heteroatoms. The van der Waals surface area contributed by atoms with Crippen LogP contribution >= 0.6 is 0 Å². The minimum absolute atomic E-state index is 0.00399. The maximum absolute atomic E-state index is 13.3. The largest absolute Gasteiger partial charge is 0.494 e. The first-order chi connectivity index (χ1) is 15.7. The number of rotatable bonds is 0. The average molecular weight is 446 g/mol. The van der Waals surface area contributed by atoms with E-state index in [1.54, 1.807) is 16.5 Å². The summed E-state index contributed by atoms with van der Waals surface area (Å²) < 4.78 is 42.7. The predicted molar refractivity (Wildman–Crippen MR) is 118 cm³/mol. The molecule has 0 aliphatic carbocycles. The Hall–Kier alpha value is -4.27. The lowest BCUT2D eigenvalue weighted by atomic mass is 10.1. The van der Waals surface area contributed by atoms with Gasteiger partial charge in [0.15, 0.2) is 0 Å². The molecule has 6 nitrogen and oxygen atoms in total. The van der Waals surface area contributed by atoms with Crippen LogP contribution in [0.2, 0.25) is 0 Å². The molecule has 33 heavy (non-hydrogen) atoms. The van der Waals surface area contributed by atoms with E-state index in [9.17, 15) is 23.4 Å². The molecule has 0 atom stereocenters. The Morgan fingerprint density at radius 1 is 0.697 bits per heavy atom. The highest BCUT2D eigenvalue weighted by Crippen LogP contribution is 2.43. The number of hydrogen-bond acceptors (Lipinski definition) is 4. The number of imidazole rings is 2. The molecule has 0 amide bonds. The number of aromatic hydroxyl groups is 2. The van der Waals surface area contributed by atoms with Gasteiger partial charge in [0.2, 0.25) is 11.8 Å². The summed E-state index contributed by atoms with van der Waals surface area (Å²) in [7, 11) is 0. The van der Waals surface area contributed by atoms with E-state index in [4.69, 9.17) is 0 Å². The van der Waals surface area contributed by atoms with Crippen molar-refractivity contribution >= 4 is 54.9 Å². The van der Waals surface area contributed by atoms with Gasteiger partial charge in [-0.2, -0.15) is 13.2 Å². The molecule has 0 saturated carbocycles. The Balaban J connectivity index is 1.62. The first kappa shape index (κ1) is 18.3. The lowest BCUT2D eigenvalue weighted by Crippen LogP contribution is -2.04. The quantitative estimate of drug-likeness (QED) is 0.310. The molecule has 0 spiro atoms. The lowest BCUT2D eigenvalue weighted by Gasteiger charge is -2.06. The van der Waals surface area contributed by atoms with Crippen LogP contribution in [0, 0.1) is 6.92 Å². The van der Waals surface area contributed by atoms with Crippen LogP contribution in [-0.4, -0.2) is 29.0 Å². The SMILES string of the molecule is Cc1ccc2nc3c4cc5c(O)n6c7cc(C(F)(F)F)ccc7nc6c5cc4c(O)n3c2c1.